The fourth-order valence-electron chi connectivity index (χ4n) is 2.20. The zero-order chi connectivity index (χ0) is 13.4. The lowest BCUT2D eigenvalue weighted by molar-refractivity contribution is -0.122. The Morgan fingerprint density at radius 2 is 2.11 bits per heavy atom. The third-order valence-electron chi connectivity index (χ3n) is 3.45. The molecule has 1 aliphatic carbocycles. The van der Waals surface area contributed by atoms with E-state index < -0.39 is 11.9 Å². The fourth-order valence-corrected chi connectivity index (χ4v) is 2.20. The van der Waals surface area contributed by atoms with Gasteiger partial charge in [-0.1, -0.05) is 0 Å². The molecule has 1 aliphatic heterocycles. The molecular formula is C14H14FNO3. The van der Waals surface area contributed by atoms with Crippen molar-refractivity contribution in [2.45, 2.75) is 25.3 Å². The molecule has 1 aromatic carbocycles. The minimum atomic E-state index is -0.615. The summed E-state index contributed by atoms with van der Waals surface area (Å²) in [6.07, 6.45) is 2.18. The Morgan fingerprint density at radius 3 is 2.84 bits per heavy atom. The Morgan fingerprint density at radius 1 is 1.32 bits per heavy atom. The van der Waals surface area contributed by atoms with Crippen LogP contribution in [0.1, 0.15) is 29.6 Å². The van der Waals surface area contributed by atoms with Crippen molar-refractivity contribution in [3.63, 3.8) is 0 Å². The number of halogens is 1. The van der Waals surface area contributed by atoms with Gasteiger partial charge in [-0.2, -0.15) is 0 Å². The molecule has 0 radical (unpaired) electrons. The lowest BCUT2D eigenvalue weighted by atomic mass is 10.0. The van der Waals surface area contributed by atoms with Crippen LogP contribution in [0, 0.1) is 11.7 Å². The number of carbonyl (C=O) groups excluding carboxylic acids is 2. The van der Waals surface area contributed by atoms with Crippen LogP contribution in [0.3, 0.4) is 0 Å². The number of ketones is 1. The van der Waals surface area contributed by atoms with Gasteiger partial charge in [0.1, 0.15) is 11.6 Å². The van der Waals surface area contributed by atoms with Crippen molar-refractivity contribution in [1.82, 2.24) is 5.32 Å². The van der Waals surface area contributed by atoms with Crippen LogP contribution in [0.25, 0.3) is 0 Å². The van der Waals surface area contributed by atoms with Gasteiger partial charge in [-0.15, -0.1) is 0 Å². The summed E-state index contributed by atoms with van der Waals surface area (Å²) in [6.45, 7) is 0.333. The van der Waals surface area contributed by atoms with E-state index in [1.54, 1.807) is 0 Å². The Labute approximate surface area is 109 Å². The van der Waals surface area contributed by atoms with Crippen molar-refractivity contribution in [3.8, 4) is 5.75 Å². The van der Waals surface area contributed by atoms with Crippen LogP contribution in [0.5, 0.6) is 5.75 Å². The van der Waals surface area contributed by atoms with E-state index in [2.05, 4.69) is 5.32 Å². The van der Waals surface area contributed by atoms with Gasteiger partial charge in [-0.25, -0.2) is 4.39 Å². The summed E-state index contributed by atoms with van der Waals surface area (Å²) in [6, 6.07) is 3.26. The van der Waals surface area contributed by atoms with Crippen molar-refractivity contribution in [3.05, 3.63) is 29.6 Å². The molecular weight excluding hydrogens is 249 g/mol. The Bertz CT molecular complexity index is 539. The normalized spacial score (nSPS) is 22.2. The quantitative estimate of drug-likeness (QED) is 0.883. The van der Waals surface area contributed by atoms with Crippen LogP contribution in [-0.2, 0) is 4.79 Å². The highest BCUT2D eigenvalue weighted by Gasteiger charge is 2.34. The van der Waals surface area contributed by atoms with Crippen LogP contribution in [0.4, 0.5) is 4.39 Å². The van der Waals surface area contributed by atoms with Crippen molar-refractivity contribution >= 4 is 11.7 Å². The highest BCUT2D eigenvalue weighted by atomic mass is 19.1. The zero-order valence-corrected chi connectivity index (χ0v) is 10.3. The second-order valence-electron chi connectivity index (χ2n) is 4.98. The molecule has 19 heavy (non-hydrogen) atoms. The van der Waals surface area contributed by atoms with E-state index in [0.717, 1.165) is 12.8 Å². The van der Waals surface area contributed by atoms with E-state index in [-0.39, 0.29) is 23.2 Å². The zero-order valence-electron chi connectivity index (χ0n) is 10.3. The maximum atomic E-state index is 13.2. The first kappa shape index (κ1) is 12.1. The van der Waals surface area contributed by atoms with Gasteiger partial charge in [-0.3, -0.25) is 9.59 Å². The number of hydrogen-bond acceptors (Lipinski definition) is 3. The van der Waals surface area contributed by atoms with Crippen molar-refractivity contribution in [2.75, 3.05) is 6.61 Å². The molecule has 0 bridgehead atoms. The molecule has 1 amide bonds. The number of carbonyl (C=O) groups is 2. The predicted octanol–water partition coefficient (Wildman–Crippen LogP) is 1.69. The maximum Gasteiger partial charge on any atom is 0.223 e. The Hall–Kier alpha value is -1.91. The lowest BCUT2D eigenvalue weighted by Gasteiger charge is -2.14. The summed E-state index contributed by atoms with van der Waals surface area (Å²) in [7, 11) is 0. The van der Waals surface area contributed by atoms with Crippen LogP contribution >= 0.6 is 0 Å². The van der Waals surface area contributed by atoms with Gasteiger partial charge in [0, 0.05) is 12.3 Å². The second-order valence-corrected chi connectivity index (χ2v) is 4.98. The fraction of sp³-hybridized carbons (Fsp3) is 0.429. The van der Waals surface area contributed by atoms with E-state index in [0.29, 0.717) is 18.8 Å². The van der Waals surface area contributed by atoms with Gasteiger partial charge < -0.3 is 10.1 Å². The summed E-state index contributed by atoms with van der Waals surface area (Å²) >= 11 is 0. The summed E-state index contributed by atoms with van der Waals surface area (Å²) < 4.78 is 18.7. The van der Waals surface area contributed by atoms with Gasteiger partial charge in [0.15, 0.2) is 5.78 Å². The number of rotatable bonds is 2. The van der Waals surface area contributed by atoms with Crippen molar-refractivity contribution < 1.29 is 18.7 Å². The monoisotopic (exact) mass is 263 g/mol. The molecule has 1 heterocycles. The number of ether oxygens (including phenoxy) is 1. The molecule has 1 unspecified atom stereocenters. The molecule has 3 rings (SSSR count). The summed E-state index contributed by atoms with van der Waals surface area (Å²) in [5.74, 6) is -0.414. The summed E-state index contributed by atoms with van der Waals surface area (Å²) in [5.41, 5.74) is 0.207. The van der Waals surface area contributed by atoms with Crippen molar-refractivity contribution in [2.24, 2.45) is 5.92 Å². The highest BCUT2D eigenvalue weighted by molar-refractivity contribution is 6.04. The number of fused-ring (bicyclic) bond motifs is 1. The van der Waals surface area contributed by atoms with Gasteiger partial charge >= 0.3 is 0 Å². The van der Waals surface area contributed by atoms with Crippen molar-refractivity contribution in [1.29, 1.82) is 0 Å². The average Bonchev–Trinajstić information content (AvgIpc) is 3.21. The number of nitrogens with one attached hydrogen (secondary N) is 1. The number of amides is 1. The van der Waals surface area contributed by atoms with Crippen LogP contribution in [0.2, 0.25) is 0 Å². The van der Waals surface area contributed by atoms with Gasteiger partial charge in [0.05, 0.1) is 18.2 Å². The van der Waals surface area contributed by atoms with E-state index in [4.69, 9.17) is 4.74 Å². The van der Waals surface area contributed by atoms with E-state index in [9.17, 15) is 14.0 Å². The first-order valence-electron chi connectivity index (χ1n) is 6.42. The van der Waals surface area contributed by atoms with E-state index in [1.165, 1.54) is 18.2 Å². The molecule has 1 N–H and O–H groups in total. The largest absolute Gasteiger partial charge is 0.493 e. The first-order chi connectivity index (χ1) is 9.15. The smallest absolute Gasteiger partial charge is 0.223 e. The molecule has 1 atom stereocenters. The highest BCUT2D eigenvalue weighted by Crippen LogP contribution is 2.30. The predicted molar refractivity (Wildman–Crippen MR) is 65.5 cm³/mol. The molecule has 100 valence electrons. The minimum absolute atomic E-state index is 0.0453. The molecule has 2 aliphatic rings. The molecule has 4 nitrogen and oxygen atoms in total. The minimum Gasteiger partial charge on any atom is -0.493 e. The molecule has 1 aromatic rings. The maximum absolute atomic E-state index is 13.2. The number of Topliss-reactive ketones (excluding diaryl/α,β-unsaturated/α-hetero) is 1. The Balaban J connectivity index is 1.83. The second kappa shape index (κ2) is 4.64. The lowest BCUT2D eigenvalue weighted by Crippen LogP contribution is -2.41. The molecule has 0 spiro atoms. The molecule has 0 saturated heterocycles. The first-order valence-corrected chi connectivity index (χ1v) is 6.42. The molecule has 0 aromatic heterocycles. The van der Waals surface area contributed by atoms with Gasteiger partial charge in [0.2, 0.25) is 5.91 Å². The van der Waals surface area contributed by atoms with Crippen LogP contribution < -0.4 is 10.1 Å². The topological polar surface area (TPSA) is 55.4 Å². The third-order valence-corrected chi connectivity index (χ3v) is 3.45. The number of hydrogen-bond donors (Lipinski definition) is 1. The molecule has 1 fully saturated rings. The van der Waals surface area contributed by atoms with E-state index >= 15 is 0 Å². The molecule has 5 heteroatoms. The van der Waals surface area contributed by atoms with Gasteiger partial charge in [-0.05, 0) is 31.0 Å². The summed E-state index contributed by atoms with van der Waals surface area (Å²) in [5, 5.41) is 2.74. The third kappa shape index (κ3) is 2.45. The van der Waals surface area contributed by atoms with E-state index in [1.807, 2.05) is 0 Å². The van der Waals surface area contributed by atoms with Crippen LogP contribution in [0.15, 0.2) is 18.2 Å². The van der Waals surface area contributed by atoms with Crippen LogP contribution in [-0.4, -0.2) is 24.3 Å². The SMILES string of the molecule is O=C(NC1CCOc2ccc(F)cc2C1=O)C1CC1. The van der Waals surface area contributed by atoms with Gasteiger partial charge in [0.25, 0.3) is 0 Å². The average molecular weight is 263 g/mol. The standard InChI is InChI=1S/C14H14FNO3/c15-9-3-4-12-10(7-9)13(17)11(5-6-19-12)16-14(18)8-1-2-8/h3-4,7-8,11H,1-2,5-6H2,(H,16,18). The summed E-state index contributed by atoms with van der Waals surface area (Å²) in [4.78, 5) is 24.0. The Kier molecular flexibility index (Phi) is 2.97. The molecule has 1 saturated carbocycles. The number of benzene rings is 1.